The predicted molar refractivity (Wildman–Crippen MR) is 88.3 cm³/mol. The predicted octanol–water partition coefficient (Wildman–Crippen LogP) is 4.05. The highest BCUT2D eigenvalue weighted by Gasteiger charge is 2.08. The molecule has 0 bridgehead atoms. The Balaban J connectivity index is 2.22. The van der Waals surface area contributed by atoms with Gasteiger partial charge in [-0.1, -0.05) is 30.3 Å². The quantitative estimate of drug-likeness (QED) is 0.596. The fourth-order valence-electron chi connectivity index (χ4n) is 2.24. The summed E-state index contributed by atoms with van der Waals surface area (Å²) in [5.74, 6) is 0.685. The number of ether oxygens (including phenoxy) is 2. The van der Waals surface area contributed by atoms with Crippen LogP contribution in [0.4, 0.5) is 0 Å². The molecule has 22 heavy (non-hydrogen) atoms. The largest absolute Gasteiger partial charge is 0.496 e. The van der Waals surface area contributed by atoms with Crippen LogP contribution in [0.2, 0.25) is 0 Å². The lowest BCUT2D eigenvalue weighted by Gasteiger charge is -2.08. The Morgan fingerprint density at radius 2 is 1.91 bits per heavy atom. The summed E-state index contributed by atoms with van der Waals surface area (Å²) in [6.07, 6.45) is 3.44. The van der Waals surface area contributed by atoms with E-state index in [1.807, 2.05) is 43.3 Å². The molecule has 0 aliphatic rings. The van der Waals surface area contributed by atoms with E-state index in [-0.39, 0.29) is 5.78 Å². The molecule has 0 unspecified atom stereocenters. The molecule has 3 heteroatoms. The Bertz CT molecular complexity index is 687. The van der Waals surface area contributed by atoms with Crippen LogP contribution in [0.5, 0.6) is 5.75 Å². The van der Waals surface area contributed by atoms with Crippen LogP contribution in [0.25, 0.3) is 6.08 Å². The molecule has 114 valence electrons. The highest BCUT2D eigenvalue weighted by atomic mass is 16.5. The van der Waals surface area contributed by atoms with Gasteiger partial charge in [-0.2, -0.15) is 0 Å². The highest BCUT2D eigenvalue weighted by molar-refractivity contribution is 6.07. The van der Waals surface area contributed by atoms with Crippen LogP contribution in [0, 0.1) is 6.92 Å². The maximum atomic E-state index is 12.3. The van der Waals surface area contributed by atoms with Gasteiger partial charge in [0.2, 0.25) is 0 Å². The Labute approximate surface area is 131 Å². The summed E-state index contributed by atoms with van der Waals surface area (Å²) in [5, 5.41) is 0. The second-order valence-corrected chi connectivity index (χ2v) is 5.01. The van der Waals surface area contributed by atoms with Crippen molar-refractivity contribution in [2.75, 3.05) is 14.2 Å². The normalized spacial score (nSPS) is 10.9. The van der Waals surface area contributed by atoms with Gasteiger partial charge in [-0.3, -0.25) is 4.79 Å². The van der Waals surface area contributed by atoms with Crippen LogP contribution >= 0.6 is 0 Å². The number of allylic oxidation sites excluding steroid dienone is 1. The van der Waals surface area contributed by atoms with Crippen LogP contribution in [0.3, 0.4) is 0 Å². The molecule has 0 saturated carbocycles. The minimum Gasteiger partial charge on any atom is -0.496 e. The van der Waals surface area contributed by atoms with Crippen LogP contribution < -0.4 is 4.74 Å². The average Bonchev–Trinajstić information content (AvgIpc) is 2.54. The first-order valence-electron chi connectivity index (χ1n) is 7.09. The van der Waals surface area contributed by atoms with Gasteiger partial charge in [-0.15, -0.1) is 0 Å². The maximum absolute atomic E-state index is 12.3. The van der Waals surface area contributed by atoms with Crippen molar-refractivity contribution >= 4 is 11.9 Å². The van der Waals surface area contributed by atoms with E-state index in [2.05, 4.69) is 0 Å². The summed E-state index contributed by atoms with van der Waals surface area (Å²) in [7, 11) is 3.22. The van der Waals surface area contributed by atoms with Crippen LogP contribution in [0.1, 0.15) is 27.0 Å². The number of ketones is 1. The van der Waals surface area contributed by atoms with E-state index in [4.69, 9.17) is 9.47 Å². The van der Waals surface area contributed by atoms with Gasteiger partial charge < -0.3 is 9.47 Å². The molecule has 0 aromatic heterocycles. The Morgan fingerprint density at radius 1 is 1.14 bits per heavy atom. The molecule has 3 nitrogen and oxygen atoms in total. The monoisotopic (exact) mass is 296 g/mol. The second kappa shape index (κ2) is 7.57. The number of methoxy groups -OCH3 is 2. The standard InChI is InChI=1S/C19H20O3/c1-14-6-4-5-7-15(14)8-10-18(20)16-9-11-19(22-3)17(12-16)13-21-2/h4-12H,13H2,1-3H3/b10-8+. The zero-order valence-electron chi connectivity index (χ0n) is 13.1. The van der Waals surface area contributed by atoms with Crippen molar-refractivity contribution in [2.24, 2.45) is 0 Å². The SMILES string of the molecule is COCc1cc(C(=O)/C=C/c2ccccc2C)ccc1OC. The van der Waals surface area contributed by atoms with Gasteiger partial charge in [0.1, 0.15) is 5.75 Å². The van der Waals surface area contributed by atoms with Crippen LogP contribution in [0.15, 0.2) is 48.5 Å². The van der Waals surface area contributed by atoms with E-state index in [0.29, 0.717) is 12.2 Å². The molecule has 0 radical (unpaired) electrons. The third-order valence-corrected chi connectivity index (χ3v) is 3.47. The fourth-order valence-corrected chi connectivity index (χ4v) is 2.24. The van der Waals surface area contributed by atoms with Crippen molar-refractivity contribution in [3.8, 4) is 5.75 Å². The number of aryl methyl sites for hydroxylation is 1. The first kappa shape index (κ1) is 16.0. The number of hydrogen-bond acceptors (Lipinski definition) is 3. The lowest BCUT2D eigenvalue weighted by Crippen LogP contribution is -2.00. The maximum Gasteiger partial charge on any atom is 0.185 e. The molecule has 0 spiro atoms. The van der Waals surface area contributed by atoms with Crippen molar-refractivity contribution in [2.45, 2.75) is 13.5 Å². The van der Waals surface area contributed by atoms with Crippen molar-refractivity contribution in [3.05, 3.63) is 70.8 Å². The van der Waals surface area contributed by atoms with E-state index in [9.17, 15) is 4.79 Å². The average molecular weight is 296 g/mol. The van der Waals surface area contributed by atoms with Gasteiger partial charge in [0.25, 0.3) is 0 Å². The fraction of sp³-hybridized carbons (Fsp3) is 0.211. The summed E-state index contributed by atoms with van der Waals surface area (Å²) in [4.78, 5) is 12.3. The molecular formula is C19H20O3. The highest BCUT2D eigenvalue weighted by Crippen LogP contribution is 2.21. The van der Waals surface area contributed by atoms with Gasteiger partial charge in [0.15, 0.2) is 5.78 Å². The van der Waals surface area contributed by atoms with Gasteiger partial charge in [-0.05, 0) is 42.3 Å². The Morgan fingerprint density at radius 3 is 2.59 bits per heavy atom. The topological polar surface area (TPSA) is 35.5 Å². The van der Waals surface area contributed by atoms with E-state index < -0.39 is 0 Å². The van der Waals surface area contributed by atoms with E-state index in [1.165, 1.54) is 0 Å². The number of carbonyl (C=O) groups excluding carboxylic acids is 1. The molecule has 0 aliphatic carbocycles. The Hall–Kier alpha value is -2.39. The number of hydrogen-bond donors (Lipinski definition) is 0. The summed E-state index contributed by atoms with van der Waals surface area (Å²) in [6, 6.07) is 13.3. The molecule has 2 aromatic carbocycles. The zero-order chi connectivity index (χ0) is 15.9. The van der Waals surface area contributed by atoms with Crippen LogP contribution in [-0.4, -0.2) is 20.0 Å². The first-order chi connectivity index (χ1) is 10.7. The smallest absolute Gasteiger partial charge is 0.185 e. The van der Waals surface area contributed by atoms with Gasteiger partial charge in [0, 0.05) is 18.2 Å². The molecule has 0 aliphatic heterocycles. The first-order valence-corrected chi connectivity index (χ1v) is 7.09. The number of carbonyl (C=O) groups is 1. The van der Waals surface area contributed by atoms with Crippen molar-refractivity contribution in [1.82, 2.24) is 0 Å². The molecule has 0 fully saturated rings. The molecule has 0 amide bonds. The lowest BCUT2D eigenvalue weighted by atomic mass is 10.0. The molecule has 2 rings (SSSR count). The second-order valence-electron chi connectivity index (χ2n) is 5.01. The lowest BCUT2D eigenvalue weighted by molar-refractivity contribution is 0.104. The minimum absolute atomic E-state index is 0.0386. The molecular weight excluding hydrogens is 276 g/mol. The van der Waals surface area contributed by atoms with Crippen LogP contribution in [-0.2, 0) is 11.3 Å². The minimum atomic E-state index is -0.0386. The van der Waals surface area contributed by atoms with Crippen molar-refractivity contribution in [3.63, 3.8) is 0 Å². The number of benzene rings is 2. The molecule has 2 aromatic rings. The summed E-state index contributed by atoms with van der Waals surface area (Å²) in [5.41, 5.74) is 3.67. The van der Waals surface area contributed by atoms with E-state index in [0.717, 1.165) is 22.4 Å². The van der Waals surface area contributed by atoms with Gasteiger partial charge >= 0.3 is 0 Å². The van der Waals surface area contributed by atoms with Gasteiger partial charge in [0.05, 0.1) is 13.7 Å². The van der Waals surface area contributed by atoms with E-state index >= 15 is 0 Å². The summed E-state index contributed by atoms with van der Waals surface area (Å²) in [6.45, 7) is 2.43. The Kier molecular flexibility index (Phi) is 5.50. The summed E-state index contributed by atoms with van der Waals surface area (Å²) >= 11 is 0. The molecule has 0 saturated heterocycles. The zero-order valence-corrected chi connectivity index (χ0v) is 13.1. The van der Waals surface area contributed by atoms with Crippen molar-refractivity contribution in [1.29, 1.82) is 0 Å². The van der Waals surface area contributed by atoms with Gasteiger partial charge in [-0.25, -0.2) is 0 Å². The molecule has 0 heterocycles. The molecule has 0 N–H and O–H groups in total. The third kappa shape index (κ3) is 3.83. The van der Waals surface area contributed by atoms with Crippen molar-refractivity contribution < 1.29 is 14.3 Å². The van der Waals surface area contributed by atoms with E-state index in [1.54, 1.807) is 32.4 Å². The third-order valence-electron chi connectivity index (χ3n) is 3.47. The molecule has 0 atom stereocenters. The summed E-state index contributed by atoms with van der Waals surface area (Å²) < 4.78 is 10.4. The number of rotatable bonds is 6.